The smallest absolute Gasteiger partial charge is 0.360 e. The Morgan fingerprint density at radius 2 is 2.41 bits per heavy atom. The molecule has 2 aromatic heterocycles. The molecule has 1 N–H and O–H groups in total. The first kappa shape index (κ1) is 11.4. The molecule has 0 amide bonds. The van der Waals surface area contributed by atoms with Crippen molar-refractivity contribution in [2.24, 2.45) is 0 Å². The Labute approximate surface area is 98.0 Å². The Morgan fingerprint density at radius 1 is 1.59 bits per heavy atom. The molecule has 0 saturated carbocycles. The van der Waals surface area contributed by atoms with E-state index in [2.05, 4.69) is 15.4 Å². The molecule has 0 aromatic carbocycles. The molecule has 0 spiro atoms. The molecule has 17 heavy (non-hydrogen) atoms. The molecule has 1 atom stereocenters. The summed E-state index contributed by atoms with van der Waals surface area (Å²) in [5, 5.41) is 10.2. The Hall–Kier alpha value is -2.11. The van der Waals surface area contributed by atoms with Crippen LogP contribution in [0.5, 0.6) is 0 Å². The first-order valence-corrected chi connectivity index (χ1v) is 5.35. The van der Waals surface area contributed by atoms with E-state index in [4.69, 9.17) is 9.15 Å². The maximum Gasteiger partial charge on any atom is 0.360 e. The van der Waals surface area contributed by atoms with Gasteiger partial charge in [0.1, 0.15) is 11.5 Å². The number of aromatic nitrogens is 3. The van der Waals surface area contributed by atoms with Crippen molar-refractivity contribution in [2.45, 2.75) is 19.8 Å². The normalized spacial score (nSPS) is 12.4. The molecule has 6 nitrogen and oxygen atoms in total. The molecule has 6 heteroatoms. The number of hydrogen-bond donors (Lipinski definition) is 1. The lowest BCUT2D eigenvalue weighted by molar-refractivity contribution is 0.0517. The van der Waals surface area contributed by atoms with Crippen LogP contribution in [-0.4, -0.2) is 28.0 Å². The van der Waals surface area contributed by atoms with Crippen LogP contribution in [0.25, 0.3) is 0 Å². The van der Waals surface area contributed by atoms with Crippen LogP contribution in [0.15, 0.2) is 22.8 Å². The summed E-state index contributed by atoms with van der Waals surface area (Å²) in [7, 11) is 0. The van der Waals surface area contributed by atoms with Gasteiger partial charge in [-0.3, -0.25) is 0 Å². The number of H-pyrrole nitrogens is 1. The van der Waals surface area contributed by atoms with Crippen molar-refractivity contribution in [1.29, 1.82) is 0 Å². The monoisotopic (exact) mass is 235 g/mol. The summed E-state index contributed by atoms with van der Waals surface area (Å²) in [6, 6.07) is 3.62. The van der Waals surface area contributed by atoms with Gasteiger partial charge in [0.05, 0.1) is 18.8 Å². The zero-order chi connectivity index (χ0) is 12.3. The summed E-state index contributed by atoms with van der Waals surface area (Å²) in [6.45, 7) is 3.94. The van der Waals surface area contributed by atoms with Crippen molar-refractivity contribution in [3.05, 3.63) is 35.5 Å². The Kier molecular flexibility index (Phi) is 3.22. The van der Waals surface area contributed by atoms with Crippen molar-refractivity contribution in [2.75, 3.05) is 6.61 Å². The van der Waals surface area contributed by atoms with Gasteiger partial charge >= 0.3 is 5.97 Å². The highest BCUT2D eigenvalue weighted by Gasteiger charge is 2.24. The molecule has 90 valence electrons. The van der Waals surface area contributed by atoms with E-state index >= 15 is 0 Å². The fraction of sp³-hybridized carbons (Fsp3) is 0.364. The average Bonchev–Trinajstić information content (AvgIpc) is 3.00. The lowest BCUT2D eigenvalue weighted by Gasteiger charge is -2.06. The number of furan rings is 1. The second-order valence-corrected chi connectivity index (χ2v) is 3.52. The van der Waals surface area contributed by atoms with E-state index in [9.17, 15) is 4.79 Å². The first-order valence-electron chi connectivity index (χ1n) is 5.35. The Morgan fingerprint density at radius 3 is 3.06 bits per heavy atom. The van der Waals surface area contributed by atoms with Gasteiger partial charge in [0.25, 0.3) is 0 Å². The van der Waals surface area contributed by atoms with Gasteiger partial charge in [0.2, 0.25) is 0 Å². The summed E-state index contributed by atoms with van der Waals surface area (Å²) in [6.07, 6.45) is 1.58. The van der Waals surface area contributed by atoms with Crippen LogP contribution in [0.1, 0.15) is 41.7 Å². The van der Waals surface area contributed by atoms with Crippen molar-refractivity contribution >= 4 is 5.97 Å². The molecule has 2 rings (SSSR count). The van der Waals surface area contributed by atoms with E-state index in [1.165, 1.54) is 0 Å². The van der Waals surface area contributed by atoms with Crippen LogP contribution in [0.4, 0.5) is 0 Å². The number of aromatic amines is 1. The molecule has 0 saturated heterocycles. The van der Waals surface area contributed by atoms with E-state index < -0.39 is 5.97 Å². The second-order valence-electron chi connectivity index (χ2n) is 3.52. The first-order chi connectivity index (χ1) is 8.24. The molecule has 2 heterocycles. The van der Waals surface area contributed by atoms with E-state index in [0.717, 1.165) is 5.76 Å². The highest BCUT2D eigenvalue weighted by molar-refractivity contribution is 5.88. The number of nitrogens with zero attached hydrogens (tertiary/aromatic N) is 2. The summed E-state index contributed by atoms with van der Waals surface area (Å²) in [4.78, 5) is 11.6. The summed E-state index contributed by atoms with van der Waals surface area (Å²) >= 11 is 0. The molecule has 0 aliphatic rings. The standard InChI is InChI=1S/C11H13N3O3/c1-3-16-11(15)10-9(12-14-13-10)7(2)8-5-4-6-17-8/h4-7H,3H2,1-2H3,(H,12,13,14). The zero-order valence-electron chi connectivity index (χ0n) is 9.64. The largest absolute Gasteiger partial charge is 0.469 e. The third-order valence-corrected chi connectivity index (χ3v) is 2.42. The molecule has 0 aliphatic heterocycles. The van der Waals surface area contributed by atoms with Crippen molar-refractivity contribution in [3.63, 3.8) is 0 Å². The van der Waals surface area contributed by atoms with Gasteiger partial charge in [-0.2, -0.15) is 10.3 Å². The van der Waals surface area contributed by atoms with Crippen LogP contribution < -0.4 is 0 Å². The van der Waals surface area contributed by atoms with E-state index in [1.54, 1.807) is 19.3 Å². The van der Waals surface area contributed by atoms with Gasteiger partial charge < -0.3 is 9.15 Å². The quantitative estimate of drug-likeness (QED) is 0.816. The van der Waals surface area contributed by atoms with Gasteiger partial charge in [0, 0.05) is 0 Å². The van der Waals surface area contributed by atoms with Gasteiger partial charge in [-0.05, 0) is 26.0 Å². The number of ether oxygens (including phenoxy) is 1. The van der Waals surface area contributed by atoms with Gasteiger partial charge in [-0.1, -0.05) is 0 Å². The zero-order valence-corrected chi connectivity index (χ0v) is 9.64. The fourth-order valence-electron chi connectivity index (χ4n) is 1.56. The van der Waals surface area contributed by atoms with Crippen LogP contribution >= 0.6 is 0 Å². The van der Waals surface area contributed by atoms with Crippen LogP contribution in [0.3, 0.4) is 0 Å². The molecule has 0 aliphatic carbocycles. The summed E-state index contributed by atoms with van der Waals surface area (Å²) in [5.74, 6) is 0.0993. The summed E-state index contributed by atoms with van der Waals surface area (Å²) in [5.41, 5.74) is 0.731. The Bertz CT molecular complexity index is 490. The Balaban J connectivity index is 2.27. The third-order valence-electron chi connectivity index (χ3n) is 2.42. The minimum Gasteiger partial charge on any atom is -0.469 e. The molecular weight excluding hydrogens is 222 g/mol. The van der Waals surface area contributed by atoms with Crippen molar-refractivity contribution in [1.82, 2.24) is 15.4 Å². The number of rotatable bonds is 4. The minimum atomic E-state index is -0.477. The fourth-order valence-corrected chi connectivity index (χ4v) is 1.56. The number of hydrogen-bond acceptors (Lipinski definition) is 5. The number of esters is 1. The molecule has 0 fully saturated rings. The highest BCUT2D eigenvalue weighted by atomic mass is 16.5. The number of nitrogens with one attached hydrogen (secondary N) is 1. The van der Waals surface area contributed by atoms with Crippen molar-refractivity contribution in [3.8, 4) is 0 Å². The third kappa shape index (κ3) is 2.20. The SMILES string of the molecule is CCOC(=O)c1n[nH]nc1C(C)c1ccco1. The van der Waals surface area contributed by atoms with Gasteiger partial charge in [0.15, 0.2) is 5.69 Å². The lowest BCUT2D eigenvalue weighted by Crippen LogP contribution is -2.10. The molecular formula is C11H13N3O3. The van der Waals surface area contributed by atoms with E-state index in [1.807, 2.05) is 13.0 Å². The average molecular weight is 235 g/mol. The topological polar surface area (TPSA) is 81.0 Å². The van der Waals surface area contributed by atoms with Gasteiger partial charge in [-0.15, -0.1) is 5.10 Å². The molecule has 1 unspecified atom stereocenters. The van der Waals surface area contributed by atoms with E-state index in [-0.39, 0.29) is 11.6 Å². The maximum atomic E-state index is 11.6. The number of carbonyl (C=O) groups is 1. The summed E-state index contributed by atoms with van der Waals surface area (Å²) < 4.78 is 10.2. The van der Waals surface area contributed by atoms with Crippen LogP contribution in [-0.2, 0) is 4.74 Å². The van der Waals surface area contributed by atoms with E-state index in [0.29, 0.717) is 12.3 Å². The molecule has 0 radical (unpaired) electrons. The minimum absolute atomic E-state index is 0.150. The van der Waals surface area contributed by atoms with Gasteiger partial charge in [-0.25, -0.2) is 4.79 Å². The van der Waals surface area contributed by atoms with Crippen molar-refractivity contribution < 1.29 is 13.9 Å². The molecule has 0 bridgehead atoms. The lowest BCUT2D eigenvalue weighted by atomic mass is 10.0. The number of carbonyl (C=O) groups excluding carboxylic acids is 1. The second kappa shape index (κ2) is 4.82. The molecule has 2 aromatic rings. The van der Waals surface area contributed by atoms with Crippen LogP contribution in [0.2, 0.25) is 0 Å². The predicted molar refractivity (Wildman–Crippen MR) is 58.6 cm³/mol. The predicted octanol–water partition coefficient (Wildman–Crippen LogP) is 1.73. The van der Waals surface area contributed by atoms with Crippen LogP contribution in [0, 0.1) is 0 Å². The maximum absolute atomic E-state index is 11.6. The highest BCUT2D eigenvalue weighted by Crippen LogP contribution is 2.24.